The summed E-state index contributed by atoms with van der Waals surface area (Å²) in [7, 11) is 0. The average Bonchev–Trinajstić information content (AvgIpc) is 2.38. The Labute approximate surface area is 74.0 Å². The van der Waals surface area contributed by atoms with Crippen molar-refractivity contribution in [2.45, 2.75) is 0 Å². The second-order valence-electron chi connectivity index (χ2n) is 1.36. The van der Waals surface area contributed by atoms with Gasteiger partial charge in [0.25, 0.3) is 0 Å². The van der Waals surface area contributed by atoms with Gasteiger partial charge in [0.1, 0.15) is 11.9 Å². The molecule has 5 nitrogen and oxygen atoms in total. The fraction of sp³-hybridized carbons (Fsp3) is 0. The topological polar surface area (TPSA) is 77.5 Å². The van der Waals surface area contributed by atoms with Crippen LogP contribution in [0.5, 0.6) is 0 Å². The number of hydrogen-bond acceptors (Lipinski definition) is 5. The molecule has 0 unspecified atom stereocenters. The normalized spacial score (nSPS) is 10.8. The Morgan fingerprint density at radius 1 is 1.00 bits per heavy atom. The van der Waals surface area contributed by atoms with Gasteiger partial charge in [0.05, 0.1) is 0 Å². The first-order valence-electron chi connectivity index (χ1n) is 2.84. The van der Waals surface area contributed by atoms with Gasteiger partial charge in [-0.05, 0) is 13.2 Å². The number of ether oxygens (including phenoxy) is 1. The first-order chi connectivity index (χ1) is 6.12. The third-order valence-electron chi connectivity index (χ3n) is 0.557. The molecule has 0 amide bonds. The molecule has 0 aromatic carbocycles. The van der Waals surface area contributed by atoms with Crippen LogP contribution in [0.4, 0.5) is 0 Å². The number of carbonyl (C=O) groups excluding carboxylic acids is 4. The van der Waals surface area contributed by atoms with E-state index < -0.39 is 11.9 Å². The minimum absolute atomic E-state index is 0.579. The Hall–Kier alpha value is -2.22. The summed E-state index contributed by atoms with van der Waals surface area (Å²) in [6.07, 6.45) is 2.17. The SMILES string of the molecule is C=C=O.C=C=O.O=C1C=CC(=O)O1. The molecule has 0 saturated carbocycles. The van der Waals surface area contributed by atoms with Gasteiger partial charge in [-0.2, -0.15) is 0 Å². The lowest BCUT2D eigenvalue weighted by atomic mass is 10.6. The van der Waals surface area contributed by atoms with Crippen molar-refractivity contribution in [1.29, 1.82) is 0 Å². The molecule has 0 N–H and O–H groups in total. The maximum atomic E-state index is 9.92. The lowest BCUT2D eigenvalue weighted by Gasteiger charge is -1.80. The Balaban J connectivity index is 0. The smallest absolute Gasteiger partial charge is 0.338 e. The minimum atomic E-state index is -0.579. The molecule has 1 heterocycles. The van der Waals surface area contributed by atoms with Crippen molar-refractivity contribution >= 4 is 23.8 Å². The van der Waals surface area contributed by atoms with Crippen LogP contribution in [0.2, 0.25) is 0 Å². The van der Waals surface area contributed by atoms with Crippen LogP contribution in [0.1, 0.15) is 0 Å². The highest BCUT2D eigenvalue weighted by Gasteiger charge is 2.10. The molecule has 0 saturated heterocycles. The van der Waals surface area contributed by atoms with Crippen molar-refractivity contribution in [3.05, 3.63) is 25.3 Å². The monoisotopic (exact) mass is 182 g/mol. The van der Waals surface area contributed by atoms with E-state index in [1.807, 2.05) is 0 Å². The van der Waals surface area contributed by atoms with E-state index in [0.29, 0.717) is 0 Å². The van der Waals surface area contributed by atoms with E-state index in [-0.39, 0.29) is 0 Å². The predicted octanol–water partition coefficient (Wildman–Crippen LogP) is -0.366. The van der Waals surface area contributed by atoms with Gasteiger partial charge < -0.3 is 4.74 Å². The Morgan fingerprint density at radius 3 is 1.31 bits per heavy atom. The second kappa shape index (κ2) is 9.78. The van der Waals surface area contributed by atoms with Gasteiger partial charge in [-0.25, -0.2) is 19.2 Å². The van der Waals surface area contributed by atoms with E-state index in [1.54, 1.807) is 0 Å². The fourth-order valence-electron chi connectivity index (χ4n) is 0.303. The predicted molar refractivity (Wildman–Crippen MR) is 42.9 cm³/mol. The Morgan fingerprint density at radius 2 is 1.23 bits per heavy atom. The van der Waals surface area contributed by atoms with Crippen molar-refractivity contribution in [1.82, 2.24) is 0 Å². The van der Waals surface area contributed by atoms with E-state index in [0.717, 1.165) is 12.2 Å². The fourth-order valence-corrected chi connectivity index (χ4v) is 0.303. The third kappa shape index (κ3) is 12.9. The molecule has 0 aliphatic carbocycles. The minimum Gasteiger partial charge on any atom is -0.387 e. The molecule has 0 atom stereocenters. The zero-order chi connectivity index (χ0) is 10.7. The molecule has 68 valence electrons. The molecule has 1 aliphatic heterocycles. The summed E-state index contributed by atoms with van der Waals surface area (Å²) in [6.45, 7) is 5.36. The zero-order valence-corrected chi connectivity index (χ0v) is 6.61. The summed E-state index contributed by atoms with van der Waals surface area (Å²) in [6, 6.07) is 0. The molecular formula is C8H6O5. The lowest BCUT2D eigenvalue weighted by molar-refractivity contribution is -0.150. The van der Waals surface area contributed by atoms with Gasteiger partial charge in [-0.1, -0.05) is 0 Å². The molecule has 0 aromatic rings. The summed E-state index contributed by atoms with van der Waals surface area (Å²) in [5.74, 6) is 1.34. The van der Waals surface area contributed by atoms with Gasteiger partial charge in [0.2, 0.25) is 0 Å². The molecule has 13 heavy (non-hydrogen) atoms. The summed E-state index contributed by atoms with van der Waals surface area (Å²) < 4.78 is 3.97. The van der Waals surface area contributed by atoms with Crippen LogP contribution in [0, 0.1) is 0 Å². The number of hydrogen-bond donors (Lipinski definition) is 0. The van der Waals surface area contributed by atoms with E-state index in [2.05, 4.69) is 17.9 Å². The van der Waals surface area contributed by atoms with Gasteiger partial charge in [-0.3, -0.25) is 0 Å². The number of rotatable bonds is 0. The van der Waals surface area contributed by atoms with Gasteiger partial charge in [-0.15, -0.1) is 0 Å². The molecule has 1 rings (SSSR count). The van der Waals surface area contributed by atoms with Crippen LogP contribution < -0.4 is 0 Å². The van der Waals surface area contributed by atoms with Crippen LogP contribution >= 0.6 is 0 Å². The average molecular weight is 182 g/mol. The first-order valence-corrected chi connectivity index (χ1v) is 2.84. The summed E-state index contributed by atoms with van der Waals surface area (Å²) in [5.41, 5.74) is 0. The van der Waals surface area contributed by atoms with Gasteiger partial charge in [0.15, 0.2) is 0 Å². The molecule has 1 aliphatic rings. The Bertz CT molecular complexity index is 247. The number of carbonyl (C=O) groups is 2. The lowest BCUT2D eigenvalue weighted by Crippen LogP contribution is -1.96. The van der Waals surface area contributed by atoms with Crippen molar-refractivity contribution < 1.29 is 23.9 Å². The zero-order valence-electron chi connectivity index (χ0n) is 6.61. The van der Waals surface area contributed by atoms with Crippen molar-refractivity contribution in [2.24, 2.45) is 0 Å². The molecule has 0 fully saturated rings. The molecule has 0 radical (unpaired) electrons. The first kappa shape index (κ1) is 13.4. The van der Waals surface area contributed by atoms with Crippen molar-refractivity contribution in [2.75, 3.05) is 0 Å². The highest BCUT2D eigenvalue weighted by molar-refractivity contribution is 6.04. The van der Waals surface area contributed by atoms with Crippen LogP contribution in [-0.4, -0.2) is 23.8 Å². The molecule has 0 bridgehead atoms. The van der Waals surface area contributed by atoms with Crippen molar-refractivity contribution in [3.8, 4) is 0 Å². The van der Waals surface area contributed by atoms with E-state index in [4.69, 9.17) is 9.59 Å². The second-order valence-corrected chi connectivity index (χ2v) is 1.36. The van der Waals surface area contributed by atoms with E-state index in [1.165, 1.54) is 11.9 Å². The third-order valence-corrected chi connectivity index (χ3v) is 0.557. The summed E-state index contributed by atoms with van der Waals surface area (Å²) >= 11 is 0. The highest BCUT2D eigenvalue weighted by atomic mass is 16.6. The maximum Gasteiger partial charge on any atom is 0.338 e. The summed E-state index contributed by atoms with van der Waals surface area (Å²) in [4.78, 5) is 37.0. The van der Waals surface area contributed by atoms with E-state index in [9.17, 15) is 9.59 Å². The van der Waals surface area contributed by atoms with Gasteiger partial charge in [0, 0.05) is 12.2 Å². The molecular weight excluding hydrogens is 176 g/mol. The molecule has 0 spiro atoms. The van der Waals surface area contributed by atoms with Crippen LogP contribution in [-0.2, 0) is 23.9 Å². The maximum absolute atomic E-state index is 9.92. The molecule has 0 aromatic heterocycles. The Kier molecular flexibility index (Phi) is 10.1. The molecule has 5 heteroatoms. The van der Waals surface area contributed by atoms with Crippen LogP contribution in [0.25, 0.3) is 0 Å². The largest absolute Gasteiger partial charge is 0.387 e. The highest BCUT2D eigenvalue weighted by Crippen LogP contribution is 1.92. The quantitative estimate of drug-likeness (QED) is 0.290. The standard InChI is InChI=1S/C4H2O3.2C2H2O/c5-3-1-2-4(6)7-3;2*1-2-3/h1-2H;2*1H2. The summed E-state index contributed by atoms with van der Waals surface area (Å²) in [5, 5.41) is 0. The number of esters is 2. The van der Waals surface area contributed by atoms with Gasteiger partial charge >= 0.3 is 11.9 Å². The van der Waals surface area contributed by atoms with E-state index >= 15 is 0 Å². The van der Waals surface area contributed by atoms with Crippen LogP contribution in [0.3, 0.4) is 0 Å². The number of cyclic esters (lactones) is 2. The van der Waals surface area contributed by atoms with Crippen LogP contribution in [0.15, 0.2) is 25.3 Å². The van der Waals surface area contributed by atoms with Crippen molar-refractivity contribution in [3.63, 3.8) is 0 Å².